The van der Waals surface area contributed by atoms with Crippen LogP contribution in [0.4, 0.5) is 5.82 Å². The topological polar surface area (TPSA) is 78.8 Å². The highest BCUT2D eigenvalue weighted by Crippen LogP contribution is 2.18. The monoisotopic (exact) mass is 280 g/mol. The molecule has 1 aromatic heterocycles. The molecule has 1 N–H and O–H groups in total. The summed E-state index contributed by atoms with van der Waals surface area (Å²) in [7, 11) is 1.59. The summed E-state index contributed by atoms with van der Waals surface area (Å²) in [6.45, 7) is 5.81. The number of hydrogen-bond acceptors (Lipinski definition) is 6. The summed E-state index contributed by atoms with van der Waals surface area (Å²) in [5.74, 6) is 1.38. The molecule has 0 aliphatic carbocycles. The maximum absolute atomic E-state index is 10.6. The molecule has 0 bridgehead atoms. The average Bonchev–Trinajstić information content (AvgIpc) is 2.45. The number of piperazine rings is 1. The quantitative estimate of drug-likeness (QED) is 0.835. The maximum atomic E-state index is 10.6. The number of ether oxygens (including phenoxy) is 1. The minimum absolute atomic E-state index is 0.195. The van der Waals surface area contributed by atoms with Gasteiger partial charge in [-0.1, -0.05) is 0 Å². The first-order valence-corrected chi connectivity index (χ1v) is 6.67. The third-order valence-electron chi connectivity index (χ3n) is 3.35. The lowest BCUT2D eigenvalue weighted by Gasteiger charge is -2.35. The van der Waals surface area contributed by atoms with Crippen molar-refractivity contribution >= 4 is 11.8 Å². The van der Waals surface area contributed by atoms with Gasteiger partial charge in [-0.05, 0) is 6.92 Å². The van der Waals surface area contributed by atoms with Gasteiger partial charge in [-0.3, -0.25) is 9.69 Å². The van der Waals surface area contributed by atoms with Crippen molar-refractivity contribution in [3.8, 4) is 5.88 Å². The Morgan fingerprint density at radius 2 is 2.05 bits per heavy atom. The first kappa shape index (κ1) is 14.5. The zero-order valence-corrected chi connectivity index (χ0v) is 11.9. The van der Waals surface area contributed by atoms with Crippen molar-refractivity contribution < 1.29 is 14.6 Å². The number of anilines is 1. The van der Waals surface area contributed by atoms with E-state index in [9.17, 15) is 4.79 Å². The summed E-state index contributed by atoms with van der Waals surface area (Å²) in [5.41, 5.74) is 0. The second kappa shape index (κ2) is 6.51. The molecular formula is C13H20N4O3. The van der Waals surface area contributed by atoms with Crippen molar-refractivity contribution in [3.63, 3.8) is 0 Å². The highest BCUT2D eigenvalue weighted by Gasteiger charge is 2.19. The Hall–Kier alpha value is -1.89. The van der Waals surface area contributed by atoms with Crippen LogP contribution in [-0.2, 0) is 4.79 Å². The van der Waals surface area contributed by atoms with Gasteiger partial charge < -0.3 is 14.7 Å². The van der Waals surface area contributed by atoms with Gasteiger partial charge in [0.2, 0.25) is 5.88 Å². The molecule has 0 aromatic carbocycles. The second-order valence-corrected chi connectivity index (χ2v) is 4.79. The molecule has 7 nitrogen and oxygen atoms in total. The van der Waals surface area contributed by atoms with Crippen LogP contribution >= 0.6 is 0 Å². The van der Waals surface area contributed by atoms with Gasteiger partial charge in [0.05, 0.1) is 13.5 Å². The molecular weight excluding hydrogens is 260 g/mol. The molecule has 1 saturated heterocycles. The SMILES string of the molecule is COc1cc(N2CCN(CCC(=O)O)CC2)nc(C)n1. The Morgan fingerprint density at radius 3 is 2.65 bits per heavy atom. The average molecular weight is 280 g/mol. The summed E-state index contributed by atoms with van der Waals surface area (Å²) < 4.78 is 5.16. The van der Waals surface area contributed by atoms with Crippen molar-refractivity contribution in [1.29, 1.82) is 0 Å². The second-order valence-electron chi connectivity index (χ2n) is 4.79. The van der Waals surface area contributed by atoms with E-state index >= 15 is 0 Å². The van der Waals surface area contributed by atoms with Crippen molar-refractivity contribution in [1.82, 2.24) is 14.9 Å². The largest absolute Gasteiger partial charge is 0.481 e. The van der Waals surface area contributed by atoms with E-state index in [-0.39, 0.29) is 6.42 Å². The van der Waals surface area contributed by atoms with Crippen LogP contribution in [0, 0.1) is 6.92 Å². The van der Waals surface area contributed by atoms with Crippen LogP contribution in [0.15, 0.2) is 6.07 Å². The van der Waals surface area contributed by atoms with Crippen molar-refractivity contribution in [2.75, 3.05) is 44.7 Å². The van der Waals surface area contributed by atoms with Gasteiger partial charge >= 0.3 is 5.97 Å². The summed E-state index contributed by atoms with van der Waals surface area (Å²) in [5, 5.41) is 8.69. The molecule has 0 radical (unpaired) electrons. The van der Waals surface area contributed by atoms with Gasteiger partial charge in [0.15, 0.2) is 0 Å². The first-order chi connectivity index (χ1) is 9.58. The van der Waals surface area contributed by atoms with Crippen molar-refractivity contribution in [2.45, 2.75) is 13.3 Å². The normalized spacial score (nSPS) is 16.2. The Labute approximate surface area is 118 Å². The number of nitrogens with zero attached hydrogens (tertiary/aromatic N) is 4. The highest BCUT2D eigenvalue weighted by molar-refractivity contribution is 5.66. The molecule has 1 aliphatic heterocycles. The van der Waals surface area contributed by atoms with Crippen molar-refractivity contribution in [2.24, 2.45) is 0 Å². The van der Waals surface area contributed by atoms with E-state index in [4.69, 9.17) is 9.84 Å². The lowest BCUT2D eigenvalue weighted by molar-refractivity contribution is -0.137. The van der Waals surface area contributed by atoms with E-state index in [1.807, 2.05) is 13.0 Å². The fourth-order valence-corrected chi connectivity index (χ4v) is 2.25. The highest BCUT2D eigenvalue weighted by atomic mass is 16.5. The Morgan fingerprint density at radius 1 is 1.35 bits per heavy atom. The molecule has 0 amide bonds. The molecule has 1 aromatic rings. The summed E-state index contributed by atoms with van der Waals surface area (Å²) in [4.78, 5) is 23.5. The molecule has 110 valence electrons. The number of aryl methyl sites for hydroxylation is 1. The third-order valence-corrected chi connectivity index (χ3v) is 3.35. The molecule has 20 heavy (non-hydrogen) atoms. The minimum atomic E-state index is -0.747. The van der Waals surface area contributed by atoms with Crippen LogP contribution in [-0.4, -0.2) is 65.8 Å². The predicted octanol–water partition coefficient (Wildman–Crippen LogP) is 0.390. The van der Waals surface area contributed by atoms with Gasteiger partial charge in [0.1, 0.15) is 11.6 Å². The number of rotatable bonds is 5. The fraction of sp³-hybridized carbons (Fsp3) is 0.615. The lowest BCUT2D eigenvalue weighted by atomic mass is 10.3. The van der Waals surface area contributed by atoms with Gasteiger partial charge in [0.25, 0.3) is 0 Å². The van der Waals surface area contributed by atoms with Gasteiger partial charge in [-0.15, -0.1) is 0 Å². The minimum Gasteiger partial charge on any atom is -0.481 e. The molecule has 0 saturated carbocycles. The van der Waals surface area contributed by atoms with Crippen LogP contribution in [0.25, 0.3) is 0 Å². The number of hydrogen-bond donors (Lipinski definition) is 1. The predicted molar refractivity (Wildman–Crippen MR) is 74.2 cm³/mol. The smallest absolute Gasteiger partial charge is 0.304 e. The summed E-state index contributed by atoms with van der Waals surface area (Å²) in [6.07, 6.45) is 0.195. The van der Waals surface area contributed by atoms with Crippen molar-refractivity contribution in [3.05, 3.63) is 11.9 Å². The number of aliphatic carboxylic acids is 1. The van der Waals surface area contributed by atoms with E-state index in [0.717, 1.165) is 32.0 Å². The van der Waals surface area contributed by atoms with E-state index in [2.05, 4.69) is 19.8 Å². The Bertz CT molecular complexity index is 473. The summed E-state index contributed by atoms with van der Waals surface area (Å²) >= 11 is 0. The number of carbonyl (C=O) groups is 1. The third kappa shape index (κ3) is 3.80. The zero-order chi connectivity index (χ0) is 14.5. The molecule has 0 unspecified atom stereocenters. The number of aromatic nitrogens is 2. The maximum Gasteiger partial charge on any atom is 0.304 e. The Balaban J connectivity index is 1.93. The molecule has 2 heterocycles. The van der Waals surface area contributed by atoms with Crippen LogP contribution < -0.4 is 9.64 Å². The molecule has 1 aliphatic rings. The van der Waals surface area contributed by atoms with E-state index in [0.29, 0.717) is 18.2 Å². The van der Waals surface area contributed by atoms with Crippen LogP contribution in [0.5, 0.6) is 5.88 Å². The van der Waals surface area contributed by atoms with Crippen LogP contribution in [0.2, 0.25) is 0 Å². The van der Waals surface area contributed by atoms with Gasteiger partial charge in [0, 0.05) is 38.8 Å². The van der Waals surface area contributed by atoms with E-state index < -0.39 is 5.97 Å². The zero-order valence-electron chi connectivity index (χ0n) is 11.9. The fourth-order valence-electron chi connectivity index (χ4n) is 2.25. The molecule has 0 atom stereocenters. The lowest BCUT2D eigenvalue weighted by Crippen LogP contribution is -2.47. The first-order valence-electron chi connectivity index (χ1n) is 6.67. The van der Waals surface area contributed by atoms with Crippen LogP contribution in [0.1, 0.15) is 12.2 Å². The van der Waals surface area contributed by atoms with Crippen LogP contribution in [0.3, 0.4) is 0 Å². The van der Waals surface area contributed by atoms with Gasteiger partial charge in [-0.2, -0.15) is 4.98 Å². The molecule has 2 rings (SSSR count). The molecule has 0 spiro atoms. The standard InChI is InChI=1S/C13H20N4O3/c1-10-14-11(9-12(15-10)20-2)17-7-5-16(6-8-17)4-3-13(18)19/h9H,3-8H2,1-2H3,(H,18,19). The molecule has 7 heteroatoms. The summed E-state index contributed by atoms with van der Waals surface area (Å²) in [6, 6.07) is 1.83. The number of carboxylic acid groups (broad SMARTS) is 1. The van der Waals surface area contributed by atoms with E-state index in [1.54, 1.807) is 7.11 Å². The number of methoxy groups -OCH3 is 1. The van der Waals surface area contributed by atoms with E-state index in [1.165, 1.54) is 0 Å². The Kier molecular flexibility index (Phi) is 4.73. The van der Waals surface area contributed by atoms with Gasteiger partial charge in [-0.25, -0.2) is 4.98 Å². The molecule has 1 fully saturated rings. The number of carboxylic acids is 1.